The lowest BCUT2D eigenvalue weighted by Crippen LogP contribution is -2.50. The summed E-state index contributed by atoms with van der Waals surface area (Å²) in [5, 5.41) is 16.5. The third-order valence-electron chi connectivity index (χ3n) is 4.59. The van der Waals surface area contributed by atoms with Gasteiger partial charge in [-0.1, -0.05) is 63.2 Å². The Labute approximate surface area is 165 Å². The Bertz CT molecular complexity index is 847. The van der Waals surface area contributed by atoms with Crippen molar-refractivity contribution >= 4 is 28.6 Å². The van der Waals surface area contributed by atoms with Crippen LogP contribution in [0.2, 0.25) is 0 Å². The number of aliphatic carboxylic acids is 1. The molecule has 3 N–H and O–H groups in total. The van der Waals surface area contributed by atoms with Gasteiger partial charge >= 0.3 is 5.97 Å². The van der Waals surface area contributed by atoms with Gasteiger partial charge in [0.15, 0.2) is 0 Å². The van der Waals surface area contributed by atoms with Crippen molar-refractivity contribution in [2.75, 3.05) is 6.54 Å². The molecule has 0 aliphatic heterocycles. The molecule has 150 valence electrons. The van der Waals surface area contributed by atoms with Gasteiger partial charge < -0.3 is 15.7 Å². The van der Waals surface area contributed by atoms with Crippen molar-refractivity contribution in [2.24, 2.45) is 11.8 Å². The topological polar surface area (TPSA) is 95.5 Å². The van der Waals surface area contributed by atoms with Crippen LogP contribution in [0.15, 0.2) is 42.5 Å². The van der Waals surface area contributed by atoms with Crippen LogP contribution in [0, 0.1) is 11.8 Å². The molecule has 6 nitrogen and oxygen atoms in total. The molecule has 0 aromatic heterocycles. The minimum atomic E-state index is -0.897. The molecule has 0 saturated heterocycles. The van der Waals surface area contributed by atoms with Gasteiger partial charge in [0.2, 0.25) is 11.8 Å². The van der Waals surface area contributed by atoms with E-state index in [1.165, 1.54) is 0 Å². The van der Waals surface area contributed by atoms with Gasteiger partial charge in [-0.25, -0.2) is 0 Å². The maximum Gasteiger partial charge on any atom is 0.303 e. The van der Waals surface area contributed by atoms with E-state index in [2.05, 4.69) is 10.6 Å². The van der Waals surface area contributed by atoms with E-state index in [0.717, 1.165) is 16.3 Å². The third-order valence-corrected chi connectivity index (χ3v) is 4.59. The number of nitrogens with one attached hydrogen (secondary N) is 2. The zero-order valence-corrected chi connectivity index (χ0v) is 16.6. The third kappa shape index (κ3) is 6.37. The monoisotopic (exact) mass is 384 g/mol. The van der Waals surface area contributed by atoms with Crippen molar-refractivity contribution in [1.29, 1.82) is 0 Å². The summed E-state index contributed by atoms with van der Waals surface area (Å²) in [6, 6.07) is 13.2. The van der Waals surface area contributed by atoms with Crippen LogP contribution in [0.25, 0.3) is 10.8 Å². The Hall–Kier alpha value is -2.89. The summed E-state index contributed by atoms with van der Waals surface area (Å²) in [7, 11) is 0. The van der Waals surface area contributed by atoms with E-state index < -0.39 is 12.0 Å². The Kier molecular flexibility index (Phi) is 7.55. The van der Waals surface area contributed by atoms with Crippen LogP contribution in [-0.4, -0.2) is 35.5 Å². The van der Waals surface area contributed by atoms with Crippen molar-refractivity contribution in [1.82, 2.24) is 10.6 Å². The maximum absolute atomic E-state index is 12.5. The van der Waals surface area contributed by atoms with Crippen LogP contribution in [0.1, 0.15) is 32.8 Å². The Morgan fingerprint density at radius 3 is 2.32 bits per heavy atom. The Balaban J connectivity index is 1.95. The molecule has 6 heteroatoms. The van der Waals surface area contributed by atoms with Crippen LogP contribution in [0.4, 0.5) is 0 Å². The molecule has 0 saturated carbocycles. The molecule has 0 aliphatic carbocycles. The number of carbonyl (C=O) groups is 3. The highest BCUT2D eigenvalue weighted by Gasteiger charge is 2.24. The molecule has 0 fully saturated rings. The quantitative estimate of drug-likeness (QED) is 0.619. The Morgan fingerprint density at radius 2 is 1.68 bits per heavy atom. The predicted molar refractivity (Wildman–Crippen MR) is 109 cm³/mol. The lowest BCUT2D eigenvalue weighted by molar-refractivity contribution is -0.138. The van der Waals surface area contributed by atoms with Gasteiger partial charge in [0.25, 0.3) is 0 Å². The molecule has 0 spiro atoms. The molecule has 2 aromatic carbocycles. The fourth-order valence-corrected chi connectivity index (χ4v) is 3.05. The highest BCUT2D eigenvalue weighted by Crippen LogP contribution is 2.16. The standard InChI is InChI=1S/C22H28N2O4/c1-14(2)21(22(28)23-13-15(3)10-20(26)27)24-19(25)12-16-8-9-17-6-4-5-7-18(17)11-16/h4-9,11,14-15,21H,10,12-13H2,1-3H3,(H,23,28)(H,24,25)(H,26,27). The first-order valence-corrected chi connectivity index (χ1v) is 9.52. The normalized spacial score (nSPS) is 13.1. The largest absolute Gasteiger partial charge is 0.481 e. The summed E-state index contributed by atoms with van der Waals surface area (Å²) in [4.78, 5) is 35.7. The zero-order valence-electron chi connectivity index (χ0n) is 16.6. The maximum atomic E-state index is 12.5. The molecule has 0 aliphatic rings. The molecular formula is C22H28N2O4. The zero-order chi connectivity index (χ0) is 20.7. The van der Waals surface area contributed by atoms with Gasteiger partial charge in [-0.3, -0.25) is 14.4 Å². The summed E-state index contributed by atoms with van der Waals surface area (Å²) in [6.07, 6.45) is 0.178. The van der Waals surface area contributed by atoms with E-state index >= 15 is 0 Å². The van der Waals surface area contributed by atoms with Crippen molar-refractivity contribution in [3.05, 3.63) is 48.0 Å². The van der Waals surface area contributed by atoms with E-state index in [1.54, 1.807) is 6.92 Å². The second kappa shape index (κ2) is 9.88. The van der Waals surface area contributed by atoms with Crippen molar-refractivity contribution < 1.29 is 19.5 Å². The van der Waals surface area contributed by atoms with Gasteiger partial charge in [0.1, 0.15) is 6.04 Å². The summed E-state index contributed by atoms with van der Waals surface area (Å²) < 4.78 is 0. The van der Waals surface area contributed by atoms with Crippen LogP contribution < -0.4 is 10.6 Å². The van der Waals surface area contributed by atoms with Gasteiger partial charge in [0.05, 0.1) is 6.42 Å². The summed E-state index contributed by atoms with van der Waals surface area (Å²) in [6.45, 7) is 5.74. The number of carbonyl (C=O) groups excluding carboxylic acids is 2. The number of fused-ring (bicyclic) bond motifs is 1. The minimum Gasteiger partial charge on any atom is -0.481 e. The lowest BCUT2D eigenvalue weighted by Gasteiger charge is -2.22. The number of carboxylic acids is 1. The SMILES string of the molecule is CC(CNC(=O)C(NC(=O)Cc1ccc2ccccc2c1)C(C)C)CC(=O)O. The first-order chi connectivity index (χ1) is 13.3. The molecule has 2 amide bonds. The molecular weight excluding hydrogens is 356 g/mol. The lowest BCUT2D eigenvalue weighted by atomic mass is 10.0. The average molecular weight is 384 g/mol. The molecule has 0 bridgehead atoms. The second-order valence-corrected chi connectivity index (χ2v) is 7.60. The number of hydrogen-bond donors (Lipinski definition) is 3. The molecule has 0 heterocycles. The molecule has 0 radical (unpaired) electrons. The van der Waals surface area contributed by atoms with Gasteiger partial charge in [-0.2, -0.15) is 0 Å². The van der Waals surface area contributed by atoms with Crippen molar-refractivity contribution in [3.8, 4) is 0 Å². The fraction of sp³-hybridized carbons (Fsp3) is 0.409. The van der Waals surface area contributed by atoms with Gasteiger partial charge in [-0.05, 0) is 28.2 Å². The van der Waals surface area contributed by atoms with E-state index in [1.807, 2.05) is 56.3 Å². The fourth-order valence-electron chi connectivity index (χ4n) is 3.05. The molecule has 28 heavy (non-hydrogen) atoms. The van der Waals surface area contributed by atoms with Gasteiger partial charge in [0, 0.05) is 13.0 Å². The number of hydrogen-bond acceptors (Lipinski definition) is 3. The Morgan fingerprint density at radius 1 is 1.00 bits per heavy atom. The van der Waals surface area contributed by atoms with Gasteiger partial charge in [-0.15, -0.1) is 0 Å². The number of rotatable bonds is 9. The average Bonchev–Trinajstić information content (AvgIpc) is 2.63. The van der Waals surface area contributed by atoms with Crippen molar-refractivity contribution in [3.63, 3.8) is 0 Å². The summed E-state index contributed by atoms with van der Waals surface area (Å²) >= 11 is 0. The highest BCUT2D eigenvalue weighted by molar-refractivity contribution is 5.89. The second-order valence-electron chi connectivity index (χ2n) is 7.60. The highest BCUT2D eigenvalue weighted by atomic mass is 16.4. The molecule has 2 atom stereocenters. The summed E-state index contributed by atoms with van der Waals surface area (Å²) in [5.41, 5.74) is 0.884. The molecule has 2 rings (SSSR count). The smallest absolute Gasteiger partial charge is 0.303 e. The first kappa shape index (κ1) is 21.4. The molecule has 2 aromatic rings. The minimum absolute atomic E-state index is 0.0129. The van der Waals surface area contributed by atoms with E-state index in [4.69, 9.17) is 5.11 Å². The first-order valence-electron chi connectivity index (χ1n) is 9.52. The summed E-state index contributed by atoms with van der Waals surface area (Å²) in [5.74, 6) is -1.68. The van der Waals surface area contributed by atoms with E-state index in [0.29, 0.717) is 0 Å². The van der Waals surface area contributed by atoms with Crippen LogP contribution in [-0.2, 0) is 20.8 Å². The van der Waals surface area contributed by atoms with Crippen molar-refractivity contribution in [2.45, 2.75) is 39.7 Å². The molecule has 2 unspecified atom stereocenters. The van der Waals surface area contributed by atoms with Crippen LogP contribution in [0.3, 0.4) is 0 Å². The van der Waals surface area contributed by atoms with E-state index in [9.17, 15) is 14.4 Å². The number of benzene rings is 2. The van der Waals surface area contributed by atoms with E-state index in [-0.39, 0.29) is 43.0 Å². The van der Waals surface area contributed by atoms with Crippen LogP contribution >= 0.6 is 0 Å². The van der Waals surface area contributed by atoms with Crippen LogP contribution in [0.5, 0.6) is 0 Å². The number of carboxylic acid groups (broad SMARTS) is 1. The predicted octanol–water partition coefficient (Wildman–Crippen LogP) is 2.75. The number of amides is 2.